The summed E-state index contributed by atoms with van der Waals surface area (Å²) in [7, 11) is -1.96. The Kier molecular flexibility index (Phi) is 2.90. The number of carboxylic acid groups (broad SMARTS) is 1. The number of nitrogens with zero attached hydrogens (tertiary/aromatic N) is 1. The van der Waals surface area contributed by atoms with Crippen molar-refractivity contribution >= 4 is 37.4 Å². The molecule has 7 heteroatoms. The summed E-state index contributed by atoms with van der Waals surface area (Å²) in [5.74, 6) is -1.54. The molecular weight excluding hydrogens is 310 g/mol. The van der Waals surface area contributed by atoms with Gasteiger partial charge in [0.1, 0.15) is 6.04 Å². The zero-order valence-electron chi connectivity index (χ0n) is 8.92. The fourth-order valence-electron chi connectivity index (χ4n) is 1.84. The average Bonchev–Trinajstić information content (AvgIpc) is 2.23. The third-order valence-electron chi connectivity index (χ3n) is 2.77. The number of aliphatic carboxylic acids is 1. The Morgan fingerprint density at radius 1 is 1.53 bits per heavy atom. The van der Waals surface area contributed by atoms with Crippen molar-refractivity contribution < 1.29 is 18.3 Å². The maximum absolute atomic E-state index is 12.0. The second-order valence-corrected chi connectivity index (χ2v) is 6.78. The van der Waals surface area contributed by atoms with Gasteiger partial charge in [-0.2, -0.15) is 0 Å². The number of likely N-dealkylation sites (N-methyl/N-ethyl adjacent to an activating group) is 1. The third-order valence-corrected chi connectivity index (χ3v) is 5.01. The highest BCUT2D eigenvalue weighted by Gasteiger charge is 2.37. The summed E-state index contributed by atoms with van der Waals surface area (Å²) in [6.07, 6.45) is 0. The molecule has 0 fully saturated rings. The van der Waals surface area contributed by atoms with Gasteiger partial charge in [-0.1, -0.05) is 15.9 Å². The van der Waals surface area contributed by atoms with E-state index < -0.39 is 27.6 Å². The van der Waals surface area contributed by atoms with Crippen molar-refractivity contribution in [1.29, 1.82) is 0 Å². The van der Waals surface area contributed by atoms with Gasteiger partial charge in [0.25, 0.3) is 0 Å². The van der Waals surface area contributed by atoms with Gasteiger partial charge in [0.2, 0.25) is 0 Å². The van der Waals surface area contributed by atoms with Crippen LogP contribution < -0.4 is 4.90 Å². The molecule has 0 amide bonds. The van der Waals surface area contributed by atoms with E-state index in [1.54, 1.807) is 19.2 Å². The lowest BCUT2D eigenvalue weighted by atomic mass is 10.2. The number of hydrogen-bond acceptors (Lipinski definition) is 4. The summed E-state index contributed by atoms with van der Waals surface area (Å²) in [4.78, 5) is 12.7. The first-order valence-corrected chi connectivity index (χ1v) is 7.25. The summed E-state index contributed by atoms with van der Waals surface area (Å²) in [5, 5.41) is 9.01. The number of sulfone groups is 1. The molecular formula is C10H10BrNO4S. The Hall–Kier alpha value is -1.08. The quantitative estimate of drug-likeness (QED) is 0.839. The van der Waals surface area contributed by atoms with Crippen molar-refractivity contribution in [3.8, 4) is 0 Å². The maximum Gasteiger partial charge on any atom is 0.327 e. The minimum Gasteiger partial charge on any atom is -0.480 e. The summed E-state index contributed by atoms with van der Waals surface area (Å²) in [6.45, 7) is 0. The number of halogens is 1. The molecule has 1 aliphatic heterocycles. The first-order valence-electron chi connectivity index (χ1n) is 4.81. The monoisotopic (exact) mass is 319 g/mol. The van der Waals surface area contributed by atoms with E-state index in [-0.39, 0.29) is 4.90 Å². The first kappa shape index (κ1) is 12.4. The molecule has 0 aliphatic carbocycles. The zero-order valence-corrected chi connectivity index (χ0v) is 11.3. The number of anilines is 1. The predicted molar refractivity (Wildman–Crippen MR) is 66.0 cm³/mol. The lowest BCUT2D eigenvalue weighted by Gasteiger charge is -2.32. The van der Waals surface area contributed by atoms with Gasteiger partial charge in [0.05, 0.1) is 16.3 Å². The number of hydrogen-bond donors (Lipinski definition) is 1. The molecule has 5 nitrogen and oxygen atoms in total. The number of benzene rings is 1. The van der Waals surface area contributed by atoms with Gasteiger partial charge in [-0.15, -0.1) is 0 Å². The van der Waals surface area contributed by atoms with Crippen LogP contribution in [0.4, 0.5) is 5.69 Å². The van der Waals surface area contributed by atoms with Crippen molar-refractivity contribution in [3.05, 3.63) is 22.7 Å². The highest BCUT2D eigenvalue weighted by Crippen LogP contribution is 2.34. The SMILES string of the molecule is CN1c2ccc(Br)cc2S(=O)(=O)CC1C(=O)O. The van der Waals surface area contributed by atoms with Crippen molar-refractivity contribution in [2.45, 2.75) is 10.9 Å². The molecule has 0 saturated heterocycles. The number of carboxylic acids is 1. The van der Waals surface area contributed by atoms with Crippen LogP contribution in [0.25, 0.3) is 0 Å². The molecule has 92 valence electrons. The van der Waals surface area contributed by atoms with Gasteiger partial charge in [0, 0.05) is 11.5 Å². The lowest BCUT2D eigenvalue weighted by molar-refractivity contribution is -0.138. The van der Waals surface area contributed by atoms with E-state index in [1.165, 1.54) is 11.0 Å². The van der Waals surface area contributed by atoms with E-state index in [1.807, 2.05) is 0 Å². The Morgan fingerprint density at radius 2 is 2.18 bits per heavy atom. The Labute approximate surface area is 107 Å². The van der Waals surface area contributed by atoms with E-state index in [4.69, 9.17) is 5.11 Å². The fourth-order valence-corrected chi connectivity index (χ4v) is 4.15. The Morgan fingerprint density at radius 3 is 2.76 bits per heavy atom. The van der Waals surface area contributed by atoms with Gasteiger partial charge in [-0.3, -0.25) is 0 Å². The van der Waals surface area contributed by atoms with Crippen molar-refractivity contribution in [2.75, 3.05) is 17.7 Å². The topological polar surface area (TPSA) is 74.7 Å². The van der Waals surface area contributed by atoms with Crippen LogP contribution in [0.5, 0.6) is 0 Å². The molecule has 2 rings (SSSR count). The highest BCUT2D eigenvalue weighted by atomic mass is 79.9. The van der Waals surface area contributed by atoms with Crippen LogP contribution in [0, 0.1) is 0 Å². The van der Waals surface area contributed by atoms with Gasteiger partial charge in [0.15, 0.2) is 9.84 Å². The van der Waals surface area contributed by atoms with Crippen LogP contribution in [0.1, 0.15) is 0 Å². The summed E-state index contributed by atoms with van der Waals surface area (Å²) < 4.78 is 24.6. The van der Waals surface area contributed by atoms with Gasteiger partial charge in [-0.05, 0) is 18.2 Å². The second-order valence-electron chi connectivity index (χ2n) is 3.86. The number of fused-ring (bicyclic) bond motifs is 1. The fraction of sp³-hybridized carbons (Fsp3) is 0.300. The van der Waals surface area contributed by atoms with Crippen molar-refractivity contribution in [1.82, 2.24) is 0 Å². The van der Waals surface area contributed by atoms with Crippen LogP contribution in [-0.4, -0.2) is 38.3 Å². The second kappa shape index (κ2) is 3.99. The molecule has 0 radical (unpaired) electrons. The van der Waals surface area contributed by atoms with E-state index in [2.05, 4.69) is 15.9 Å². The molecule has 0 spiro atoms. The average molecular weight is 320 g/mol. The summed E-state index contributed by atoms with van der Waals surface area (Å²) in [5.41, 5.74) is 0.423. The standard InChI is InChI=1S/C10H10BrNO4S/c1-12-7-3-2-6(11)4-9(7)17(15,16)5-8(12)10(13)14/h2-4,8H,5H2,1H3,(H,13,14). The van der Waals surface area contributed by atoms with Crippen LogP contribution in [-0.2, 0) is 14.6 Å². The van der Waals surface area contributed by atoms with Gasteiger partial charge >= 0.3 is 5.97 Å². The van der Waals surface area contributed by atoms with Crippen LogP contribution in [0.15, 0.2) is 27.6 Å². The Bertz CT molecular complexity index is 584. The molecule has 1 heterocycles. The molecule has 0 bridgehead atoms. The van der Waals surface area contributed by atoms with Crippen molar-refractivity contribution in [2.24, 2.45) is 0 Å². The smallest absolute Gasteiger partial charge is 0.327 e. The molecule has 17 heavy (non-hydrogen) atoms. The molecule has 1 aromatic carbocycles. The minimum atomic E-state index is -3.54. The molecule has 1 unspecified atom stereocenters. The third kappa shape index (κ3) is 2.04. The number of rotatable bonds is 1. The largest absolute Gasteiger partial charge is 0.480 e. The zero-order chi connectivity index (χ0) is 12.8. The molecule has 0 saturated carbocycles. The van der Waals surface area contributed by atoms with Crippen LogP contribution >= 0.6 is 15.9 Å². The van der Waals surface area contributed by atoms with Gasteiger partial charge < -0.3 is 10.0 Å². The summed E-state index contributed by atoms with van der Waals surface area (Å²) in [6, 6.07) is 3.76. The van der Waals surface area contributed by atoms with E-state index in [0.717, 1.165) is 0 Å². The van der Waals surface area contributed by atoms with Gasteiger partial charge in [-0.25, -0.2) is 13.2 Å². The van der Waals surface area contributed by atoms with Crippen LogP contribution in [0.2, 0.25) is 0 Å². The highest BCUT2D eigenvalue weighted by molar-refractivity contribution is 9.10. The predicted octanol–water partition coefficient (Wildman–Crippen LogP) is 1.13. The molecule has 0 aromatic heterocycles. The van der Waals surface area contributed by atoms with E-state index >= 15 is 0 Å². The number of carbonyl (C=O) groups is 1. The van der Waals surface area contributed by atoms with E-state index in [0.29, 0.717) is 10.2 Å². The Balaban J connectivity index is 2.65. The molecule has 1 aromatic rings. The maximum atomic E-state index is 12.0. The first-order chi connectivity index (χ1) is 7.83. The lowest BCUT2D eigenvalue weighted by Crippen LogP contribution is -2.47. The molecule has 1 N–H and O–H groups in total. The summed E-state index contributed by atoms with van der Waals surface area (Å²) >= 11 is 3.21. The normalized spacial score (nSPS) is 22.0. The minimum absolute atomic E-state index is 0.173. The van der Waals surface area contributed by atoms with Crippen LogP contribution in [0.3, 0.4) is 0 Å². The molecule has 1 atom stereocenters. The van der Waals surface area contributed by atoms with Crippen molar-refractivity contribution in [3.63, 3.8) is 0 Å². The van der Waals surface area contributed by atoms with E-state index in [9.17, 15) is 13.2 Å². The molecule has 1 aliphatic rings.